The van der Waals surface area contributed by atoms with Crippen LogP contribution in [-0.4, -0.2) is 10.4 Å². The van der Waals surface area contributed by atoms with Crippen molar-refractivity contribution in [3.05, 3.63) is 29.3 Å². The molecule has 0 spiro atoms. The highest BCUT2D eigenvalue weighted by Crippen LogP contribution is 2.08. The molecule has 2 N–H and O–H groups in total. The predicted octanol–water partition coefficient (Wildman–Crippen LogP) is -2.41. The van der Waals surface area contributed by atoms with Crippen molar-refractivity contribution in [1.29, 1.82) is 0 Å². The zero-order valence-corrected chi connectivity index (χ0v) is 8.40. The summed E-state index contributed by atoms with van der Waals surface area (Å²) in [6.45, 7) is 0. The van der Waals surface area contributed by atoms with E-state index in [-0.39, 0.29) is 18.4 Å². The van der Waals surface area contributed by atoms with Crippen LogP contribution in [0.3, 0.4) is 0 Å². The normalized spacial score (nSPS) is 9.50. The van der Waals surface area contributed by atoms with Gasteiger partial charge in [0.05, 0.1) is 5.10 Å². The summed E-state index contributed by atoms with van der Waals surface area (Å²) in [6.07, 6.45) is 0. The van der Waals surface area contributed by atoms with Gasteiger partial charge in [0.2, 0.25) is 5.27 Å². The van der Waals surface area contributed by atoms with E-state index < -0.39 is 0 Å². The van der Waals surface area contributed by atoms with Gasteiger partial charge in [0.15, 0.2) is 0 Å². The number of aromatic nitrogens is 3. The lowest BCUT2D eigenvalue weighted by Gasteiger charge is -1.85. The molecule has 1 aromatic carbocycles. The minimum atomic E-state index is 0. The molecule has 14 heavy (non-hydrogen) atoms. The third-order valence-electron chi connectivity index (χ3n) is 1.46. The molecule has 0 saturated carbocycles. The second kappa shape index (κ2) is 4.26. The Hall–Kier alpha value is -1.33. The fourth-order valence-corrected chi connectivity index (χ4v) is 1.02. The standard InChI is InChI=1S/C7H6ClN4O.ClH/c8-5-1-3-6(4-2-5)12-10-7(9)13-11-12;/h1-4H,(H2,9,10,11);1H/q+1;/p-1. The third kappa shape index (κ3) is 2.12. The molecule has 7 heteroatoms. The number of halogens is 2. The van der Waals surface area contributed by atoms with Crippen LogP contribution in [0.2, 0.25) is 5.02 Å². The van der Waals surface area contributed by atoms with Crippen molar-refractivity contribution in [3.8, 4) is 5.69 Å². The van der Waals surface area contributed by atoms with Gasteiger partial charge in [0, 0.05) is 17.2 Å². The van der Waals surface area contributed by atoms with Crippen molar-refractivity contribution >= 4 is 17.6 Å². The highest BCUT2D eigenvalue weighted by molar-refractivity contribution is 6.30. The van der Waals surface area contributed by atoms with Crippen LogP contribution in [0, 0.1) is 0 Å². The van der Waals surface area contributed by atoms with E-state index in [0.717, 1.165) is 5.69 Å². The summed E-state index contributed by atoms with van der Waals surface area (Å²) >= 11 is 5.71. The van der Waals surface area contributed by atoms with Gasteiger partial charge < -0.3 is 18.1 Å². The molecule has 5 nitrogen and oxygen atoms in total. The molecule has 0 bridgehead atoms. The average molecular weight is 233 g/mol. The molecule has 0 aliphatic rings. The Morgan fingerprint density at radius 2 is 1.93 bits per heavy atom. The zero-order chi connectivity index (χ0) is 9.26. The second-order valence-electron chi connectivity index (χ2n) is 2.38. The van der Waals surface area contributed by atoms with Crippen molar-refractivity contribution < 1.29 is 21.7 Å². The van der Waals surface area contributed by atoms with Gasteiger partial charge in [0.1, 0.15) is 4.80 Å². The quantitative estimate of drug-likeness (QED) is 0.557. The largest absolute Gasteiger partial charge is 1.00 e. The van der Waals surface area contributed by atoms with E-state index in [1.165, 1.54) is 4.80 Å². The summed E-state index contributed by atoms with van der Waals surface area (Å²) in [4.78, 5) is 1.28. The summed E-state index contributed by atoms with van der Waals surface area (Å²) in [6, 6.07) is 7.01. The molecule has 2 aromatic rings. The van der Waals surface area contributed by atoms with E-state index in [4.69, 9.17) is 17.3 Å². The van der Waals surface area contributed by atoms with Gasteiger partial charge >= 0.3 is 6.01 Å². The van der Waals surface area contributed by atoms with Gasteiger partial charge in [-0.25, -0.2) is 0 Å². The summed E-state index contributed by atoms with van der Waals surface area (Å²) in [5, 5.41) is 8.02. The van der Waals surface area contributed by atoms with Crippen molar-refractivity contribution in [1.82, 2.24) is 10.4 Å². The molecular weight excluding hydrogens is 227 g/mol. The molecule has 0 aliphatic carbocycles. The zero-order valence-electron chi connectivity index (χ0n) is 6.89. The van der Waals surface area contributed by atoms with E-state index in [1.54, 1.807) is 24.3 Å². The lowest BCUT2D eigenvalue weighted by Crippen LogP contribution is -3.00. The third-order valence-corrected chi connectivity index (χ3v) is 1.71. The molecule has 1 heterocycles. The van der Waals surface area contributed by atoms with Crippen LogP contribution in [0.5, 0.6) is 0 Å². The summed E-state index contributed by atoms with van der Waals surface area (Å²) in [5.74, 6) is 0. The smallest absolute Gasteiger partial charge is 0.387 e. The van der Waals surface area contributed by atoms with Crippen molar-refractivity contribution in [3.63, 3.8) is 0 Å². The topological polar surface area (TPSA) is 68.8 Å². The maximum atomic E-state index is 5.71. The molecule has 1 aromatic heterocycles. The number of hydrogen-bond donors (Lipinski definition) is 1. The van der Waals surface area contributed by atoms with Crippen LogP contribution in [0.4, 0.5) is 6.01 Å². The van der Waals surface area contributed by atoms with Crippen molar-refractivity contribution in [2.45, 2.75) is 0 Å². The van der Waals surface area contributed by atoms with Crippen LogP contribution in [-0.2, 0) is 0 Å². The summed E-state index contributed by atoms with van der Waals surface area (Å²) < 4.78 is 4.60. The second-order valence-corrected chi connectivity index (χ2v) is 2.81. The fraction of sp³-hybridized carbons (Fsp3) is 0. The Bertz CT molecular complexity index is 414. The molecular formula is C7H6Cl2N4O. The van der Waals surface area contributed by atoms with Crippen LogP contribution in [0.25, 0.3) is 5.69 Å². The monoisotopic (exact) mass is 232 g/mol. The fourth-order valence-electron chi connectivity index (χ4n) is 0.890. The van der Waals surface area contributed by atoms with Crippen LogP contribution in [0.1, 0.15) is 0 Å². The summed E-state index contributed by atoms with van der Waals surface area (Å²) in [5.41, 5.74) is 6.00. The van der Waals surface area contributed by atoms with Gasteiger partial charge in [-0.2, -0.15) is 0 Å². The van der Waals surface area contributed by atoms with E-state index in [9.17, 15) is 0 Å². The number of anilines is 1. The first kappa shape index (κ1) is 10.7. The first-order valence-corrected chi connectivity index (χ1v) is 3.91. The molecule has 0 unspecified atom stereocenters. The molecule has 2 rings (SSSR count). The number of hydrogen-bond acceptors (Lipinski definition) is 4. The molecule has 74 valence electrons. The van der Waals surface area contributed by atoms with E-state index >= 15 is 0 Å². The SMILES string of the molecule is Nc1n[n+](-c2ccc(Cl)cc2)no1.[Cl-]. The van der Waals surface area contributed by atoms with Crippen molar-refractivity contribution in [2.24, 2.45) is 0 Å². The minimum Gasteiger partial charge on any atom is -1.00 e. The Morgan fingerprint density at radius 1 is 1.29 bits per heavy atom. The maximum Gasteiger partial charge on any atom is 0.387 e. The Morgan fingerprint density at radius 3 is 2.43 bits per heavy atom. The number of rotatable bonds is 1. The van der Waals surface area contributed by atoms with Crippen LogP contribution < -0.4 is 22.9 Å². The highest BCUT2D eigenvalue weighted by Gasteiger charge is 2.14. The molecule has 0 saturated heterocycles. The number of benzene rings is 1. The van der Waals surface area contributed by atoms with Crippen LogP contribution in [0.15, 0.2) is 28.8 Å². The van der Waals surface area contributed by atoms with Gasteiger partial charge in [0.25, 0.3) is 5.69 Å². The Labute approximate surface area is 90.8 Å². The molecule has 0 fully saturated rings. The van der Waals surface area contributed by atoms with E-state index in [1.807, 2.05) is 0 Å². The molecule has 0 radical (unpaired) electrons. The first-order chi connectivity index (χ1) is 6.25. The minimum absolute atomic E-state index is 0. The number of nitrogens with two attached hydrogens (primary N) is 1. The van der Waals surface area contributed by atoms with Gasteiger partial charge in [-0.3, -0.25) is 4.52 Å². The molecule has 0 amide bonds. The first-order valence-electron chi connectivity index (χ1n) is 3.53. The summed E-state index contributed by atoms with van der Waals surface area (Å²) in [7, 11) is 0. The van der Waals surface area contributed by atoms with Crippen LogP contribution >= 0.6 is 11.6 Å². The molecule has 0 atom stereocenters. The van der Waals surface area contributed by atoms with Gasteiger partial charge in [-0.15, -0.1) is 0 Å². The number of nitrogens with zero attached hydrogens (tertiary/aromatic N) is 3. The maximum absolute atomic E-state index is 5.71. The van der Waals surface area contributed by atoms with Gasteiger partial charge in [-0.05, 0) is 12.1 Å². The Kier molecular flexibility index (Phi) is 3.27. The Balaban J connectivity index is 0.000000980. The average Bonchev–Trinajstić information content (AvgIpc) is 2.53. The highest BCUT2D eigenvalue weighted by atomic mass is 35.5. The van der Waals surface area contributed by atoms with Crippen molar-refractivity contribution in [2.75, 3.05) is 5.73 Å². The van der Waals surface area contributed by atoms with E-state index in [2.05, 4.69) is 14.9 Å². The van der Waals surface area contributed by atoms with Gasteiger partial charge in [-0.1, -0.05) is 11.6 Å². The molecule has 0 aliphatic heterocycles. The number of nitrogen functional groups attached to an aromatic ring is 1. The lowest BCUT2D eigenvalue weighted by atomic mass is 10.3. The predicted molar refractivity (Wildman–Crippen MR) is 45.3 cm³/mol. The lowest BCUT2D eigenvalue weighted by molar-refractivity contribution is -0.724. The van der Waals surface area contributed by atoms with E-state index in [0.29, 0.717) is 5.02 Å².